The van der Waals surface area contributed by atoms with Crippen LogP contribution in [-0.4, -0.2) is 51.0 Å². The molecule has 1 saturated heterocycles. The van der Waals surface area contributed by atoms with Gasteiger partial charge in [0.15, 0.2) is 23.0 Å². The maximum Gasteiger partial charge on any atom is 0.161 e. The van der Waals surface area contributed by atoms with E-state index in [4.69, 9.17) is 18.9 Å². The molecular formula is C24H27NO5. The second-order valence-corrected chi connectivity index (χ2v) is 8.02. The SMILES string of the molecule is COc1cc2c3c(c4cc(OC)c(OC)cc4c2cc1OC)[C@@H](O)[C@H]1CCCN1C3. The van der Waals surface area contributed by atoms with Crippen molar-refractivity contribution in [3.8, 4) is 23.0 Å². The molecular weight excluding hydrogens is 382 g/mol. The lowest BCUT2D eigenvalue weighted by Gasteiger charge is -2.37. The first-order valence-corrected chi connectivity index (χ1v) is 10.3. The average molecular weight is 409 g/mol. The number of fused-ring (bicyclic) bond motifs is 7. The summed E-state index contributed by atoms with van der Waals surface area (Å²) in [6.07, 6.45) is 1.58. The number of hydrogen-bond acceptors (Lipinski definition) is 6. The molecule has 2 aliphatic heterocycles. The summed E-state index contributed by atoms with van der Waals surface area (Å²) in [5, 5.41) is 15.6. The summed E-state index contributed by atoms with van der Waals surface area (Å²) in [5.74, 6) is 2.68. The van der Waals surface area contributed by atoms with E-state index >= 15 is 0 Å². The molecule has 2 heterocycles. The Hall–Kier alpha value is -2.70. The van der Waals surface area contributed by atoms with Crippen LogP contribution in [0.1, 0.15) is 30.1 Å². The molecule has 1 fully saturated rings. The van der Waals surface area contributed by atoms with Crippen molar-refractivity contribution in [2.45, 2.75) is 31.5 Å². The van der Waals surface area contributed by atoms with E-state index in [2.05, 4.69) is 4.90 Å². The second-order valence-electron chi connectivity index (χ2n) is 8.02. The number of aliphatic hydroxyl groups is 1. The monoisotopic (exact) mass is 409 g/mol. The predicted molar refractivity (Wildman–Crippen MR) is 116 cm³/mol. The topological polar surface area (TPSA) is 60.4 Å². The molecule has 0 spiro atoms. The quantitative estimate of drug-likeness (QED) is 0.657. The van der Waals surface area contributed by atoms with Gasteiger partial charge in [0, 0.05) is 12.6 Å². The Morgan fingerprint density at radius 3 is 1.83 bits per heavy atom. The molecule has 0 aliphatic carbocycles. The zero-order valence-electron chi connectivity index (χ0n) is 17.8. The summed E-state index contributed by atoms with van der Waals surface area (Å²) >= 11 is 0. The molecule has 2 atom stereocenters. The molecule has 0 saturated carbocycles. The third-order valence-corrected chi connectivity index (χ3v) is 6.71. The van der Waals surface area contributed by atoms with Crippen molar-refractivity contribution in [2.75, 3.05) is 35.0 Å². The van der Waals surface area contributed by atoms with Crippen LogP contribution in [0.2, 0.25) is 0 Å². The van der Waals surface area contributed by atoms with Crippen LogP contribution in [-0.2, 0) is 6.54 Å². The van der Waals surface area contributed by atoms with Crippen LogP contribution in [0.25, 0.3) is 21.5 Å². The van der Waals surface area contributed by atoms with Gasteiger partial charge in [-0.05, 0) is 76.3 Å². The molecule has 6 heteroatoms. The summed E-state index contributed by atoms with van der Waals surface area (Å²) in [6, 6.07) is 8.21. The molecule has 0 radical (unpaired) electrons. The van der Waals surface area contributed by atoms with Crippen molar-refractivity contribution in [3.05, 3.63) is 35.4 Å². The minimum Gasteiger partial charge on any atom is -0.493 e. The lowest BCUT2D eigenvalue weighted by atomic mass is 9.83. The molecule has 2 aliphatic rings. The summed E-state index contributed by atoms with van der Waals surface area (Å²) in [4.78, 5) is 2.40. The number of methoxy groups -OCH3 is 4. The molecule has 1 N–H and O–H groups in total. The van der Waals surface area contributed by atoms with E-state index in [9.17, 15) is 5.11 Å². The minimum atomic E-state index is -0.547. The molecule has 6 nitrogen and oxygen atoms in total. The Balaban J connectivity index is 1.94. The van der Waals surface area contributed by atoms with Gasteiger partial charge in [-0.1, -0.05) is 0 Å². The fourth-order valence-electron chi connectivity index (χ4n) is 5.29. The van der Waals surface area contributed by atoms with E-state index in [0.29, 0.717) is 23.0 Å². The summed E-state index contributed by atoms with van der Waals surface area (Å²) in [7, 11) is 6.57. The molecule has 0 aromatic heterocycles. The van der Waals surface area contributed by atoms with Crippen LogP contribution in [0, 0.1) is 0 Å². The van der Waals surface area contributed by atoms with Gasteiger partial charge in [0.1, 0.15) is 0 Å². The molecule has 0 amide bonds. The van der Waals surface area contributed by atoms with E-state index in [0.717, 1.165) is 58.6 Å². The van der Waals surface area contributed by atoms with Crippen LogP contribution in [0.5, 0.6) is 23.0 Å². The van der Waals surface area contributed by atoms with Crippen LogP contribution < -0.4 is 18.9 Å². The van der Waals surface area contributed by atoms with Crippen molar-refractivity contribution in [2.24, 2.45) is 0 Å². The Morgan fingerprint density at radius 2 is 1.27 bits per heavy atom. The molecule has 30 heavy (non-hydrogen) atoms. The maximum atomic E-state index is 11.4. The second kappa shape index (κ2) is 7.22. The van der Waals surface area contributed by atoms with Gasteiger partial charge < -0.3 is 24.1 Å². The molecule has 0 unspecified atom stereocenters. The summed E-state index contributed by atoms with van der Waals surface area (Å²) in [6.45, 7) is 1.83. The van der Waals surface area contributed by atoms with Gasteiger partial charge in [-0.15, -0.1) is 0 Å². The highest BCUT2D eigenvalue weighted by molar-refractivity contribution is 6.13. The van der Waals surface area contributed by atoms with E-state index in [-0.39, 0.29) is 6.04 Å². The van der Waals surface area contributed by atoms with Gasteiger partial charge in [-0.2, -0.15) is 0 Å². The van der Waals surface area contributed by atoms with Crippen LogP contribution in [0.4, 0.5) is 0 Å². The van der Waals surface area contributed by atoms with Crippen LogP contribution >= 0.6 is 0 Å². The number of ether oxygens (including phenoxy) is 4. The number of nitrogens with zero attached hydrogens (tertiary/aromatic N) is 1. The normalized spacial score (nSPS) is 20.8. The number of rotatable bonds is 4. The standard InChI is InChI=1S/C24H27NO5/c1-27-19-8-13-14-9-20(28-2)22(30-4)11-16(14)23-17(15(13)10-21(19)29-3)12-25-7-5-6-18(25)24(23)26/h8-11,18,24,26H,5-7,12H2,1-4H3/t18-,24+/m1/s1. The van der Waals surface area contributed by atoms with Gasteiger partial charge in [0.2, 0.25) is 0 Å². The van der Waals surface area contributed by atoms with Crippen molar-refractivity contribution in [1.82, 2.24) is 4.90 Å². The first kappa shape index (κ1) is 19.3. The zero-order valence-corrected chi connectivity index (χ0v) is 17.8. The average Bonchev–Trinajstić information content (AvgIpc) is 3.26. The molecule has 3 aromatic rings. The first-order chi connectivity index (χ1) is 14.6. The molecule has 5 rings (SSSR count). The van der Waals surface area contributed by atoms with E-state index < -0.39 is 6.10 Å². The maximum absolute atomic E-state index is 11.4. The fraction of sp³-hybridized carbons (Fsp3) is 0.417. The Bertz CT molecular complexity index is 1140. The highest BCUT2D eigenvalue weighted by Gasteiger charge is 2.39. The van der Waals surface area contributed by atoms with Crippen LogP contribution in [0.15, 0.2) is 24.3 Å². The predicted octanol–water partition coefficient (Wildman–Crippen LogP) is 4.04. The van der Waals surface area contributed by atoms with Crippen molar-refractivity contribution in [3.63, 3.8) is 0 Å². The lowest BCUT2D eigenvalue weighted by Crippen LogP contribution is -2.39. The highest BCUT2D eigenvalue weighted by atomic mass is 16.5. The van der Waals surface area contributed by atoms with Crippen molar-refractivity contribution < 1.29 is 24.1 Å². The third-order valence-electron chi connectivity index (χ3n) is 6.71. The fourth-order valence-corrected chi connectivity index (χ4v) is 5.29. The third kappa shape index (κ3) is 2.63. The Morgan fingerprint density at radius 1 is 0.767 bits per heavy atom. The highest BCUT2D eigenvalue weighted by Crippen LogP contribution is 2.48. The van der Waals surface area contributed by atoms with Crippen molar-refractivity contribution >= 4 is 21.5 Å². The smallest absolute Gasteiger partial charge is 0.161 e. The van der Waals surface area contributed by atoms with Gasteiger partial charge in [-0.3, -0.25) is 4.90 Å². The van der Waals surface area contributed by atoms with Gasteiger partial charge >= 0.3 is 0 Å². The van der Waals surface area contributed by atoms with Gasteiger partial charge in [-0.25, -0.2) is 0 Å². The zero-order chi connectivity index (χ0) is 21.0. The Labute approximate surface area is 175 Å². The first-order valence-electron chi connectivity index (χ1n) is 10.3. The van der Waals surface area contributed by atoms with Gasteiger partial charge in [0.05, 0.1) is 34.5 Å². The number of benzene rings is 3. The summed E-state index contributed by atoms with van der Waals surface area (Å²) < 4.78 is 22.4. The minimum absolute atomic E-state index is 0.159. The Kier molecular flexibility index (Phi) is 4.64. The number of aliphatic hydroxyl groups excluding tert-OH is 1. The van der Waals surface area contributed by atoms with E-state index in [1.54, 1.807) is 28.4 Å². The van der Waals surface area contributed by atoms with E-state index in [1.807, 2.05) is 24.3 Å². The molecule has 158 valence electrons. The lowest BCUT2D eigenvalue weighted by molar-refractivity contribution is 0.0552. The molecule has 3 aromatic carbocycles. The van der Waals surface area contributed by atoms with Crippen molar-refractivity contribution in [1.29, 1.82) is 0 Å². The molecule has 0 bridgehead atoms. The van der Waals surface area contributed by atoms with Gasteiger partial charge in [0.25, 0.3) is 0 Å². The van der Waals surface area contributed by atoms with Crippen LogP contribution in [0.3, 0.4) is 0 Å². The number of hydrogen-bond donors (Lipinski definition) is 1. The largest absolute Gasteiger partial charge is 0.493 e. The van der Waals surface area contributed by atoms with E-state index in [1.165, 1.54) is 0 Å². The summed E-state index contributed by atoms with van der Waals surface area (Å²) in [5.41, 5.74) is 2.14.